The Morgan fingerprint density at radius 3 is 1.26 bits per heavy atom. The molecule has 6 saturated heterocycles. The average Bonchev–Trinajstić information content (AvgIpc) is 3.41. The summed E-state index contributed by atoms with van der Waals surface area (Å²) in [4.78, 5) is 49.9. The average molecular weight is 1140 g/mol. The highest BCUT2D eigenvalue weighted by molar-refractivity contribution is 5.74. The fourth-order valence-electron chi connectivity index (χ4n) is 9.97. The van der Waals surface area contributed by atoms with Gasteiger partial charge in [0.1, 0.15) is 140 Å². The smallest absolute Gasteiger partial charge is 0.217 e. The second kappa shape index (κ2) is 27.7. The third-order valence-corrected chi connectivity index (χ3v) is 14.0. The summed E-state index contributed by atoms with van der Waals surface area (Å²) >= 11 is 0. The molecule has 6 heterocycles. The largest absolute Gasteiger partial charge is 0.394 e. The van der Waals surface area contributed by atoms with Gasteiger partial charge in [0, 0.05) is 27.7 Å². The molecule has 0 radical (unpaired) electrons. The van der Waals surface area contributed by atoms with Gasteiger partial charge in [-0.3, -0.25) is 19.2 Å². The summed E-state index contributed by atoms with van der Waals surface area (Å²) in [7, 11) is 0. The number of carbonyl (C=O) groups excluding carboxylic acids is 4. The van der Waals surface area contributed by atoms with Crippen molar-refractivity contribution in [1.29, 1.82) is 0 Å². The minimum Gasteiger partial charge on any atom is -0.394 e. The first-order valence-electron chi connectivity index (χ1n) is 24.9. The SMILES string of the molecule is CC(=O)N[C@H]1[C@H](O[C@@H]2[C@@H](NC(C)=O)[C@H](OC[C@H]3OC(O)[C@H](NC(C)=O)[C@@H](O[C@@H]4O[C@H](CO)[C@H](O[C@H]5O[C@H](CO)[C@@H](O)[C@H](O)[C@H]5NC(C)=O)[C@H](O)[C@H]4O)[C@H]3O)O[C@H](CO)[C@H]2O[C@@H]2O[C@@H](C)[C@@H](O)[C@@H](O)[C@@H]2O)O[C@H](CO)[C@@H](O)[C@@H]1O. The molecule has 0 aromatic rings. The second-order valence-electron chi connectivity index (χ2n) is 19.7. The molecule has 0 saturated carbocycles. The van der Waals surface area contributed by atoms with Gasteiger partial charge in [-0.2, -0.15) is 0 Å². The lowest BCUT2D eigenvalue weighted by atomic mass is 9.93. The molecule has 34 nitrogen and oxygen atoms in total. The summed E-state index contributed by atoms with van der Waals surface area (Å²) in [5.41, 5.74) is 0. The van der Waals surface area contributed by atoms with E-state index in [1.807, 2.05) is 0 Å². The standard InChI is InChI=1S/C44H74N4O30/c1-11-25(57)31(63)33(65)43(69-11)76-36-19(9-52)73-40(24(48-15(5)56)38(36)78-42-22(46-13(3)54)30(62)27(59)17(7-50)72-42)68-10-20-28(60)37(23(39(67)70-20)47-14(4)55)77-44-34(66)32(64)35(18(8-51)74-44)75-41-21(45-12(2)53)29(61)26(58)16(6-49)71-41/h11,16-44,49-52,57-67H,6-10H2,1-5H3,(H,45,53)(H,46,54)(H,47,55)(H,48,56)/t11-,16+,17+,18+,19+,20+,21+,22+,23+,24+,25+,26+,27+,28-,29+,30+,31+,32+,33-,34+,35-,36+,37+,38+,39?,40+,41+,42-,43-,44-/m0/s1. The van der Waals surface area contributed by atoms with Gasteiger partial charge in [-0.05, 0) is 6.92 Å². The van der Waals surface area contributed by atoms with Crippen molar-refractivity contribution in [2.75, 3.05) is 33.0 Å². The predicted octanol–water partition coefficient (Wildman–Crippen LogP) is -12.5. The Kier molecular flexibility index (Phi) is 22.8. The lowest BCUT2D eigenvalue weighted by Crippen LogP contribution is -2.71. The van der Waals surface area contributed by atoms with Gasteiger partial charge in [-0.15, -0.1) is 0 Å². The van der Waals surface area contributed by atoms with E-state index in [2.05, 4.69) is 21.3 Å². The molecule has 6 rings (SSSR count). The molecule has 6 aliphatic rings. The van der Waals surface area contributed by atoms with Crippen LogP contribution in [0.5, 0.6) is 0 Å². The topological polar surface area (TPSA) is 521 Å². The molecule has 6 fully saturated rings. The van der Waals surface area contributed by atoms with Crippen LogP contribution in [0.1, 0.15) is 34.6 Å². The van der Waals surface area contributed by atoms with Gasteiger partial charge in [0.15, 0.2) is 37.7 Å². The number of carbonyl (C=O) groups is 4. The zero-order chi connectivity index (χ0) is 57.8. The van der Waals surface area contributed by atoms with Crippen LogP contribution in [0.25, 0.3) is 0 Å². The van der Waals surface area contributed by atoms with Crippen LogP contribution in [0.4, 0.5) is 0 Å². The Morgan fingerprint density at radius 1 is 0.359 bits per heavy atom. The molecule has 450 valence electrons. The molecule has 0 bridgehead atoms. The van der Waals surface area contributed by atoms with Crippen LogP contribution in [0.3, 0.4) is 0 Å². The van der Waals surface area contributed by atoms with E-state index in [-0.39, 0.29) is 0 Å². The van der Waals surface area contributed by atoms with E-state index in [1.165, 1.54) is 6.92 Å². The number of hydrogen-bond donors (Lipinski definition) is 19. The first-order chi connectivity index (χ1) is 36.8. The number of ether oxygens (including phenoxy) is 11. The van der Waals surface area contributed by atoms with Crippen LogP contribution < -0.4 is 21.3 Å². The lowest BCUT2D eigenvalue weighted by molar-refractivity contribution is -0.373. The van der Waals surface area contributed by atoms with Crippen molar-refractivity contribution in [1.82, 2.24) is 21.3 Å². The second-order valence-corrected chi connectivity index (χ2v) is 19.7. The quantitative estimate of drug-likeness (QED) is 0.0571. The molecule has 19 N–H and O–H groups in total. The molecular formula is C44H74N4O30. The summed E-state index contributed by atoms with van der Waals surface area (Å²) in [6.07, 6.45) is -47.1. The van der Waals surface area contributed by atoms with Crippen molar-refractivity contribution in [2.45, 2.75) is 219 Å². The fraction of sp³-hybridized carbons (Fsp3) is 0.909. The fourth-order valence-corrected chi connectivity index (χ4v) is 9.97. The van der Waals surface area contributed by atoms with E-state index in [1.54, 1.807) is 0 Å². The van der Waals surface area contributed by atoms with Gasteiger partial charge in [0.2, 0.25) is 23.6 Å². The van der Waals surface area contributed by atoms with Crippen molar-refractivity contribution < 1.29 is 148 Å². The van der Waals surface area contributed by atoms with Gasteiger partial charge in [-0.1, -0.05) is 0 Å². The molecule has 30 atom stereocenters. The van der Waals surface area contributed by atoms with Crippen LogP contribution in [0.15, 0.2) is 0 Å². The van der Waals surface area contributed by atoms with Crippen molar-refractivity contribution in [3.63, 3.8) is 0 Å². The van der Waals surface area contributed by atoms with Crippen molar-refractivity contribution >= 4 is 23.6 Å². The summed E-state index contributed by atoms with van der Waals surface area (Å²) in [6, 6.07) is -6.60. The Labute approximate surface area is 443 Å². The summed E-state index contributed by atoms with van der Waals surface area (Å²) in [6.45, 7) is 0.844. The Balaban J connectivity index is 1.28. The van der Waals surface area contributed by atoms with E-state index >= 15 is 0 Å². The normalized spacial score (nSPS) is 47.1. The summed E-state index contributed by atoms with van der Waals surface area (Å²) < 4.78 is 64.9. The maximum atomic E-state index is 13.0. The monoisotopic (exact) mass is 1140 g/mol. The predicted molar refractivity (Wildman–Crippen MR) is 244 cm³/mol. The molecule has 78 heavy (non-hydrogen) atoms. The van der Waals surface area contributed by atoms with Crippen LogP contribution in [-0.4, -0.2) is 317 Å². The Morgan fingerprint density at radius 2 is 0.756 bits per heavy atom. The van der Waals surface area contributed by atoms with Gasteiger partial charge in [0.05, 0.1) is 39.1 Å². The van der Waals surface area contributed by atoms with E-state index in [0.717, 1.165) is 27.7 Å². The minimum atomic E-state index is -2.19. The van der Waals surface area contributed by atoms with Crippen LogP contribution in [-0.2, 0) is 71.3 Å². The Bertz CT molecular complexity index is 1970. The van der Waals surface area contributed by atoms with Crippen LogP contribution >= 0.6 is 0 Å². The van der Waals surface area contributed by atoms with Gasteiger partial charge in [-0.25, -0.2) is 0 Å². The Hall–Kier alpha value is -3.16. The van der Waals surface area contributed by atoms with Crippen molar-refractivity contribution in [3.05, 3.63) is 0 Å². The van der Waals surface area contributed by atoms with E-state index in [0.29, 0.717) is 0 Å². The van der Waals surface area contributed by atoms with E-state index in [9.17, 15) is 95.8 Å². The lowest BCUT2D eigenvalue weighted by Gasteiger charge is -2.51. The third-order valence-electron chi connectivity index (χ3n) is 14.0. The van der Waals surface area contributed by atoms with Gasteiger partial charge < -0.3 is 150 Å². The van der Waals surface area contributed by atoms with E-state index < -0.39 is 241 Å². The zero-order valence-electron chi connectivity index (χ0n) is 42.7. The molecule has 0 aromatic carbocycles. The van der Waals surface area contributed by atoms with E-state index in [4.69, 9.17) is 52.1 Å². The molecule has 0 spiro atoms. The first-order valence-corrected chi connectivity index (χ1v) is 24.9. The summed E-state index contributed by atoms with van der Waals surface area (Å²) in [5.74, 6) is -3.14. The van der Waals surface area contributed by atoms with Crippen molar-refractivity contribution in [2.24, 2.45) is 0 Å². The molecular weight excluding hydrogens is 1060 g/mol. The molecule has 6 aliphatic heterocycles. The highest BCUT2D eigenvalue weighted by Gasteiger charge is 2.58. The molecule has 4 amide bonds. The number of hydrogen-bond acceptors (Lipinski definition) is 30. The van der Waals surface area contributed by atoms with Crippen LogP contribution in [0.2, 0.25) is 0 Å². The zero-order valence-corrected chi connectivity index (χ0v) is 42.7. The number of aliphatic hydroxyl groups excluding tert-OH is 15. The third kappa shape index (κ3) is 14.4. The van der Waals surface area contributed by atoms with Gasteiger partial charge >= 0.3 is 0 Å². The molecule has 0 aliphatic carbocycles. The first kappa shape index (κ1) is 64.0. The number of amides is 4. The molecule has 1 unspecified atom stereocenters. The van der Waals surface area contributed by atoms with Crippen LogP contribution in [0, 0.1) is 0 Å². The highest BCUT2D eigenvalue weighted by atomic mass is 16.8. The minimum absolute atomic E-state index is 0.728. The van der Waals surface area contributed by atoms with Crippen molar-refractivity contribution in [3.8, 4) is 0 Å². The highest BCUT2D eigenvalue weighted by Crippen LogP contribution is 2.36. The number of rotatable bonds is 19. The maximum absolute atomic E-state index is 13.0. The number of nitrogens with one attached hydrogen (secondary N) is 4. The molecule has 34 heteroatoms. The van der Waals surface area contributed by atoms with Gasteiger partial charge in [0.25, 0.3) is 0 Å². The maximum Gasteiger partial charge on any atom is 0.217 e. The number of aliphatic hydroxyl groups is 15. The summed E-state index contributed by atoms with van der Waals surface area (Å²) in [5, 5.41) is 172. The molecule has 0 aromatic heterocycles.